The number of aliphatic carboxylic acids is 1. The van der Waals surface area contributed by atoms with E-state index in [9.17, 15) is 9.59 Å². The van der Waals surface area contributed by atoms with Crippen molar-refractivity contribution in [2.75, 3.05) is 0 Å². The van der Waals surface area contributed by atoms with Gasteiger partial charge in [-0.3, -0.25) is 4.79 Å². The Balaban J connectivity index is 2.90. The molecule has 1 atom stereocenters. The summed E-state index contributed by atoms with van der Waals surface area (Å²) in [7, 11) is 0. The third kappa shape index (κ3) is 3.75. The summed E-state index contributed by atoms with van der Waals surface area (Å²) in [6, 6.07) is 6.15. The molecule has 0 aromatic heterocycles. The molecule has 0 heterocycles. The second-order valence-corrected chi connectivity index (χ2v) is 4.30. The van der Waals surface area contributed by atoms with Gasteiger partial charge in [0.05, 0.1) is 5.92 Å². The molecule has 0 saturated carbocycles. The predicted octanol–water partition coefficient (Wildman–Crippen LogP) is 2.66. The minimum Gasteiger partial charge on any atom is -0.478 e. The number of carboxylic acids is 1. The van der Waals surface area contributed by atoms with Gasteiger partial charge in [-0.25, -0.2) is 4.79 Å². The van der Waals surface area contributed by atoms with Crippen LogP contribution >= 0.6 is 11.6 Å². The predicted molar refractivity (Wildman–Crippen MR) is 62.8 cm³/mol. The monoisotopic (exact) mass is 256 g/mol. The molecule has 1 unspecified atom stereocenters. The van der Waals surface area contributed by atoms with Crippen LogP contribution in [0.2, 0.25) is 5.02 Å². The fourth-order valence-electron chi connectivity index (χ4n) is 1.15. The largest absolute Gasteiger partial charge is 0.478 e. The smallest absolute Gasteiger partial charge is 0.349 e. The van der Waals surface area contributed by atoms with Gasteiger partial charge in [-0.05, 0) is 12.1 Å². The molecule has 17 heavy (non-hydrogen) atoms. The highest BCUT2D eigenvalue weighted by molar-refractivity contribution is 6.30. The van der Waals surface area contributed by atoms with Gasteiger partial charge in [-0.1, -0.05) is 37.6 Å². The van der Waals surface area contributed by atoms with Crippen molar-refractivity contribution in [2.24, 2.45) is 5.92 Å². The molecule has 0 fully saturated rings. The molecule has 4 nitrogen and oxygen atoms in total. The second-order valence-electron chi connectivity index (χ2n) is 3.86. The van der Waals surface area contributed by atoms with Crippen LogP contribution in [0.1, 0.15) is 25.5 Å². The van der Waals surface area contributed by atoms with Crippen LogP contribution in [0.25, 0.3) is 0 Å². The number of rotatable bonds is 4. The molecule has 1 aromatic rings. The van der Waals surface area contributed by atoms with Crippen molar-refractivity contribution in [1.29, 1.82) is 0 Å². The zero-order chi connectivity index (χ0) is 13.0. The molecule has 0 bridgehead atoms. The van der Waals surface area contributed by atoms with Gasteiger partial charge < -0.3 is 9.84 Å². The average Bonchev–Trinajstić information content (AvgIpc) is 2.26. The van der Waals surface area contributed by atoms with Crippen LogP contribution < -0.4 is 0 Å². The Bertz CT molecular complexity index is 411. The summed E-state index contributed by atoms with van der Waals surface area (Å²) in [5, 5.41) is 9.51. The van der Waals surface area contributed by atoms with Crippen LogP contribution in [0.5, 0.6) is 0 Å². The Kier molecular flexibility index (Phi) is 4.52. The SMILES string of the molecule is CC(C)C(=O)OC(C(=O)O)c1ccc(Cl)cc1. The summed E-state index contributed by atoms with van der Waals surface area (Å²) < 4.78 is 4.92. The van der Waals surface area contributed by atoms with Crippen molar-refractivity contribution in [3.63, 3.8) is 0 Å². The lowest BCUT2D eigenvalue weighted by molar-refractivity contribution is -0.166. The molecule has 1 rings (SSSR count). The van der Waals surface area contributed by atoms with E-state index in [2.05, 4.69) is 0 Å². The van der Waals surface area contributed by atoms with Gasteiger partial charge in [0.15, 0.2) is 0 Å². The van der Waals surface area contributed by atoms with E-state index in [1.807, 2.05) is 0 Å². The van der Waals surface area contributed by atoms with Gasteiger partial charge >= 0.3 is 11.9 Å². The Labute approximate surface area is 104 Å². The van der Waals surface area contributed by atoms with E-state index in [0.717, 1.165) is 0 Å². The van der Waals surface area contributed by atoms with Crippen LogP contribution in [0.4, 0.5) is 0 Å². The van der Waals surface area contributed by atoms with Crippen molar-refractivity contribution in [2.45, 2.75) is 20.0 Å². The normalized spacial score (nSPS) is 12.2. The van der Waals surface area contributed by atoms with Crippen molar-refractivity contribution >= 4 is 23.5 Å². The van der Waals surface area contributed by atoms with E-state index in [1.54, 1.807) is 26.0 Å². The molecular weight excluding hydrogens is 244 g/mol. The highest BCUT2D eigenvalue weighted by Gasteiger charge is 2.25. The summed E-state index contributed by atoms with van der Waals surface area (Å²) in [5.41, 5.74) is 0.385. The van der Waals surface area contributed by atoms with Gasteiger partial charge in [-0.15, -0.1) is 0 Å². The molecule has 1 N–H and O–H groups in total. The maximum absolute atomic E-state index is 11.4. The van der Waals surface area contributed by atoms with E-state index in [-0.39, 0.29) is 5.92 Å². The molecule has 0 amide bonds. The topological polar surface area (TPSA) is 63.6 Å². The number of carbonyl (C=O) groups is 2. The van der Waals surface area contributed by atoms with Gasteiger partial charge in [0, 0.05) is 10.6 Å². The molecule has 0 aliphatic heterocycles. The molecule has 92 valence electrons. The van der Waals surface area contributed by atoms with Crippen molar-refractivity contribution in [3.8, 4) is 0 Å². The number of carboxylic acid groups (broad SMARTS) is 1. The quantitative estimate of drug-likeness (QED) is 0.842. The third-order valence-electron chi connectivity index (χ3n) is 2.10. The first-order chi connectivity index (χ1) is 7.91. The van der Waals surface area contributed by atoms with Gasteiger partial charge in [0.25, 0.3) is 0 Å². The van der Waals surface area contributed by atoms with E-state index >= 15 is 0 Å². The Morgan fingerprint density at radius 2 is 1.76 bits per heavy atom. The number of benzene rings is 1. The zero-order valence-electron chi connectivity index (χ0n) is 9.51. The average molecular weight is 257 g/mol. The third-order valence-corrected chi connectivity index (χ3v) is 2.35. The van der Waals surface area contributed by atoms with E-state index in [0.29, 0.717) is 10.6 Å². The summed E-state index contributed by atoms with van der Waals surface area (Å²) in [5.74, 6) is -2.13. The van der Waals surface area contributed by atoms with Gasteiger partial charge in [0.2, 0.25) is 6.10 Å². The lowest BCUT2D eigenvalue weighted by Gasteiger charge is -2.15. The number of hydrogen-bond acceptors (Lipinski definition) is 3. The van der Waals surface area contributed by atoms with Crippen molar-refractivity contribution in [3.05, 3.63) is 34.9 Å². The number of ether oxygens (including phenoxy) is 1. The Morgan fingerprint density at radius 1 is 1.24 bits per heavy atom. The van der Waals surface area contributed by atoms with Crippen LogP contribution in [0.3, 0.4) is 0 Å². The van der Waals surface area contributed by atoms with Crippen LogP contribution in [-0.4, -0.2) is 17.0 Å². The second kappa shape index (κ2) is 5.68. The van der Waals surface area contributed by atoms with Crippen LogP contribution in [0.15, 0.2) is 24.3 Å². The number of halogens is 1. The van der Waals surface area contributed by atoms with Gasteiger partial charge in [-0.2, -0.15) is 0 Å². The molecule has 0 spiro atoms. The standard InChI is InChI=1S/C12H13ClO4/c1-7(2)12(16)17-10(11(14)15)8-3-5-9(13)6-4-8/h3-7,10H,1-2H3,(H,14,15). The molecule has 5 heteroatoms. The fourth-order valence-corrected chi connectivity index (χ4v) is 1.28. The summed E-state index contributed by atoms with van der Waals surface area (Å²) in [6.45, 7) is 3.28. The number of esters is 1. The molecule has 1 aromatic carbocycles. The maximum Gasteiger partial charge on any atom is 0.349 e. The fraction of sp³-hybridized carbons (Fsp3) is 0.333. The first-order valence-electron chi connectivity index (χ1n) is 5.10. The zero-order valence-corrected chi connectivity index (χ0v) is 10.3. The molecular formula is C12H13ClO4. The highest BCUT2D eigenvalue weighted by Crippen LogP contribution is 2.21. The Morgan fingerprint density at radius 3 is 2.18 bits per heavy atom. The summed E-state index contributed by atoms with van der Waals surface area (Å²) in [6.07, 6.45) is -1.29. The maximum atomic E-state index is 11.4. The lowest BCUT2D eigenvalue weighted by Crippen LogP contribution is -2.22. The minimum absolute atomic E-state index is 0.371. The van der Waals surface area contributed by atoms with E-state index < -0.39 is 18.0 Å². The number of hydrogen-bond donors (Lipinski definition) is 1. The Hall–Kier alpha value is -1.55. The number of carbonyl (C=O) groups excluding carboxylic acids is 1. The molecule has 0 aliphatic carbocycles. The van der Waals surface area contributed by atoms with E-state index in [1.165, 1.54) is 12.1 Å². The summed E-state index contributed by atoms with van der Waals surface area (Å²) in [4.78, 5) is 22.4. The first kappa shape index (κ1) is 13.5. The lowest BCUT2D eigenvalue weighted by atomic mass is 10.1. The molecule has 0 saturated heterocycles. The minimum atomic E-state index is -1.29. The first-order valence-corrected chi connectivity index (χ1v) is 5.48. The molecule has 0 aliphatic rings. The van der Waals surface area contributed by atoms with Crippen molar-refractivity contribution in [1.82, 2.24) is 0 Å². The van der Waals surface area contributed by atoms with Crippen molar-refractivity contribution < 1.29 is 19.4 Å². The van der Waals surface area contributed by atoms with Gasteiger partial charge in [0.1, 0.15) is 0 Å². The van der Waals surface area contributed by atoms with Crippen LogP contribution in [-0.2, 0) is 14.3 Å². The summed E-state index contributed by atoms with van der Waals surface area (Å²) >= 11 is 5.70. The highest BCUT2D eigenvalue weighted by atomic mass is 35.5. The van der Waals surface area contributed by atoms with Crippen LogP contribution in [0, 0.1) is 5.92 Å². The van der Waals surface area contributed by atoms with E-state index in [4.69, 9.17) is 21.4 Å². The molecule has 0 radical (unpaired) electrons.